The predicted molar refractivity (Wildman–Crippen MR) is 241 cm³/mol. The first-order valence-electron chi connectivity index (χ1n) is 19.7. The molecule has 0 bridgehead atoms. The van der Waals surface area contributed by atoms with Crippen LogP contribution >= 0.6 is 0 Å². The fourth-order valence-corrected chi connectivity index (χ4v) is 9.61. The molecule has 0 saturated carbocycles. The lowest BCUT2D eigenvalue weighted by atomic mass is 9.89. The largest absolute Gasteiger partial charge is 0.227 e. The lowest BCUT2D eigenvalue weighted by Crippen LogP contribution is -1.99. The summed E-state index contributed by atoms with van der Waals surface area (Å²) in [5, 5.41) is 15.3. The van der Waals surface area contributed by atoms with Crippen LogP contribution in [0.1, 0.15) is 0 Å². The van der Waals surface area contributed by atoms with Crippen LogP contribution < -0.4 is 0 Å². The van der Waals surface area contributed by atoms with Crippen LogP contribution in [0, 0.1) is 0 Å². The van der Waals surface area contributed by atoms with Gasteiger partial charge in [0.2, 0.25) is 0 Å². The Morgan fingerprint density at radius 2 is 0.655 bits per heavy atom. The molecule has 0 saturated heterocycles. The molecule has 0 amide bonds. The lowest BCUT2D eigenvalue weighted by molar-refractivity contribution is 1.16. The van der Waals surface area contributed by atoms with Crippen molar-refractivity contribution in [3.63, 3.8) is 0 Å². The van der Waals surface area contributed by atoms with E-state index in [1.807, 2.05) is 0 Å². The molecule has 0 N–H and O–H groups in total. The highest BCUT2D eigenvalue weighted by Crippen LogP contribution is 2.47. The summed E-state index contributed by atoms with van der Waals surface area (Å²) in [5.74, 6) is 1.30. The van der Waals surface area contributed by atoms with Gasteiger partial charge < -0.3 is 0 Å². The predicted octanol–water partition coefficient (Wildman–Crippen LogP) is 14.0. The third kappa shape index (κ3) is 4.40. The van der Waals surface area contributed by atoms with Crippen molar-refractivity contribution in [3.05, 3.63) is 182 Å². The maximum absolute atomic E-state index is 5.40. The molecule has 4 nitrogen and oxygen atoms in total. The summed E-state index contributed by atoms with van der Waals surface area (Å²) in [5.41, 5.74) is 8.86. The number of fused-ring (bicyclic) bond motifs is 14. The normalized spacial score (nSPS) is 12.1. The van der Waals surface area contributed by atoms with Crippen molar-refractivity contribution in [2.24, 2.45) is 0 Å². The first kappa shape index (κ1) is 31.4. The van der Waals surface area contributed by atoms with Gasteiger partial charge in [-0.3, -0.25) is 0 Å². The fraction of sp³-hybridized carbons (Fsp3) is 0. The van der Waals surface area contributed by atoms with Gasteiger partial charge in [0.1, 0.15) is 0 Å². The quantitative estimate of drug-likeness (QED) is 0.170. The Morgan fingerprint density at radius 3 is 1.26 bits per heavy atom. The third-order valence-corrected chi connectivity index (χ3v) is 12.2. The van der Waals surface area contributed by atoms with Crippen LogP contribution in [-0.4, -0.2) is 19.9 Å². The summed E-state index contributed by atoms with van der Waals surface area (Å²) in [4.78, 5) is 21.4. The number of hydrogen-bond donors (Lipinski definition) is 0. The Hall–Kier alpha value is -7.82. The lowest BCUT2D eigenvalue weighted by Gasteiger charge is -2.16. The van der Waals surface area contributed by atoms with Gasteiger partial charge in [-0.2, -0.15) is 0 Å². The third-order valence-electron chi connectivity index (χ3n) is 12.2. The molecule has 2 heterocycles. The Morgan fingerprint density at radius 1 is 0.241 bits per heavy atom. The van der Waals surface area contributed by atoms with Gasteiger partial charge in [-0.25, -0.2) is 19.9 Å². The van der Waals surface area contributed by atoms with Crippen LogP contribution in [0.25, 0.3) is 132 Å². The SMILES string of the molecule is c1ccc(-c2cc3c4ccccc4c(-c4nc5c6c(nc(-c7ccc8c9ccccc9c9ccccc9c8c7)nc6n4)-c4ccccc4-5)cc3c3ccccc23)cc1. The van der Waals surface area contributed by atoms with Gasteiger partial charge in [-0.1, -0.05) is 164 Å². The Bertz CT molecular complexity index is 3700. The smallest absolute Gasteiger partial charge is 0.168 e. The number of aromatic nitrogens is 4. The van der Waals surface area contributed by atoms with Crippen molar-refractivity contribution in [1.29, 1.82) is 0 Å². The van der Waals surface area contributed by atoms with E-state index >= 15 is 0 Å². The standard InChI is InChI=1S/C54H30N4/c1-2-14-31(15-3-1)44-29-46-39-22-10-11-23-40(39)48(30-47(46)38-21-9-7-19-36(38)44)53-56-51-43-25-13-12-24-42(43)50-49(51)54(58-53)57-52(55-50)32-26-27-41-35-18-5-4-16-33(35)34-17-6-8-20-37(34)45(41)28-32/h1-30H. The molecule has 0 aliphatic heterocycles. The van der Waals surface area contributed by atoms with Crippen molar-refractivity contribution in [2.45, 2.75) is 0 Å². The van der Waals surface area contributed by atoms with Gasteiger partial charge in [-0.05, 0) is 94.0 Å². The van der Waals surface area contributed by atoms with Gasteiger partial charge in [0.05, 0.1) is 16.8 Å². The topological polar surface area (TPSA) is 51.6 Å². The maximum atomic E-state index is 5.40. The van der Waals surface area contributed by atoms with E-state index in [-0.39, 0.29) is 0 Å². The van der Waals surface area contributed by atoms with Crippen LogP contribution in [0.3, 0.4) is 0 Å². The summed E-state index contributed by atoms with van der Waals surface area (Å²) in [7, 11) is 0. The minimum absolute atomic E-state index is 0.646. The van der Waals surface area contributed by atoms with Crippen molar-refractivity contribution in [3.8, 4) is 56.4 Å². The van der Waals surface area contributed by atoms with Crippen molar-refractivity contribution in [2.75, 3.05) is 0 Å². The van der Waals surface area contributed by atoms with Crippen LogP contribution in [-0.2, 0) is 0 Å². The van der Waals surface area contributed by atoms with E-state index in [2.05, 4.69) is 182 Å². The molecule has 2 aromatic heterocycles. The summed E-state index contributed by atoms with van der Waals surface area (Å²) in [6.45, 7) is 0. The number of rotatable bonds is 3. The zero-order valence-electron chi connectivity index (χ0n) is 31.1. The van der Waals surface area contributed by atoms with Crippen LogP contribution in [0.15, 0.2) is 182 Å². The van der Waals surface area contributed by atoms with Gasteiger partial charge in [0.25, 0.3) is 0 Å². The van der Waals surface area contributed by atoms with Crippen molar-refractivity contribution >= 4 is 75.7 Å². The zero-order valence-corrected chi connectivity index (χ0v) is 31.1. The molecule has 0 spiro atoms. The van der Waals surface area contributed by atoms with Gasteiger partial charge in [0, 0.05) is 22.3 Å². The summed E-state index contributed by atoms with van der Waals surface area (Å²) >= 11 is 0. The van der Waals surface area contributed by atoms with E-state index in [4.69, 9.17) is 19.9 Å². The molecular weight excluding hydrogens is 705 g/mol. The van der Waals surface area contributed by atoms with Gasteiger partial charge in [0.15, 0.2) is 17.3 Å². The Kier molecular flexibility index (Phi) is 6.41. The van der Waals surface area contributed by atoms with E-state index in [0.717, 1.165) is 44.4 Å². The molecule has 4 heteroatoms. The first-order chi connectivity index (χ1) is 28.8. The van der Waals surface area contributed by atoms with Crippen molar-refractivity contribution in [1.82, 2.24) is 19.9 Å². The number of benzene rings is 10. The maximum Gasteiger partial charge on any atom is 0.168 e. The second-order valence-electron chi connectivity index (χ2n) is 15.3. The number of nitrogens with zero attached hydrogens (tertiary/aromatic N) is 4. The van der Waals surface area contributed by atoms with E-state index in [1.165, 1.54) is 70.4 Å². The number of hydrogen-bond acceptors (Lipinski definition) is 4. The molecule has 10 aromatic carbocycles. The van der Waals surface area contributed by atoms with Gasteiger partial charge in [-0.15, -0.1) is 0 Å². The molecule has 13 rings (SSSR count). The molecule has 12 aromatic rings. The molecule has 0 radical (unpaired) electrons. The monoisotopic (exact) mass is 734 g/mol. The van der Waals surface area contributed by atoms with E-state index < -0.39 is 0 Å². The van der Waals surface area contributed by atoms with Crippen LogP contribution in [0.5, 0.6) is 0 Å². The molecule has 1 aliphatic rings. The second kappa shape index (κ2) is 11.8. The van der Waals surface area contributed by atoms with Gasteiger partial charge >= 0.3 is 0 Å². The van der Waals surface area contributed by atoms with E-state index in [0.29, 0.717) is 17.3 Å². The van der Waals surface area contributed by atoms with Crippen LogP contribution in [0.2, 0.25) is 0 Å². The molecular formula is C54H30N4. The highest BCUT2D eigenvalue weighted by Gasteiger charge is 2.28. The fourth-order valence-electron chi connectivity index (χ4n) is 9.61. The van der Waals surface area contributed by atoms with Crippen molar-refractivity contribution < 1.29 is 0 Å². The Labute approximate surface area is 332 Å². The highest BCUT2D eigenvalue weighted by molar-refractivity contribution is 6.26. The zero-order chi connectivity index (χ0) is 37.9. The molecule has 266 valence electrons. The molecule has 0 atom stereocenters. The minimum atomic E-state index is 0.646. The van der Waals surface area contributed by atoms with E-state index in [9.17, 15) is 0 Å². The summed E-state index contributed by atoms with van der Waals surface area (Å²) < 4.78 is 0. The van der Waals surface area contributed by atoms with E-state index in [1.54, 1.807) is 0 Å². The summed E-state index contributed by atoms with van der Waals surface area (Å²) in [6, 6.07) is 65.2. The molecule has 58 heavy (non-hydrogen) atoms. The molecule has 0 unspecified atom stereocenters. The molecule has 0 fully saturated rings. The first-order valence-corrected chi connectivity index (χ1v) is 19.7. The minimum Gasteiger partial charge on any atom is -0.227 e. The average Bonchev–Trinajstić information content (AvgIpc) is 3.62. The second-order valence-corrected chi connectivity index (χ2v) is 15.3. The average molecular weight is 735 g/mol. The summed E-state index contributed by atoms with van der Waals surface area (Å²) in [6.07, 6.45) is 0. The molecule has 1 aliphatic carbocycles. The Balaban J connectivity index is 1.08. The highest BCUT2D eigenvalue weighted by atomic mass is 15.0. The van der Waals surface area contributed by atoms with Crippen LogP contribution in [0.4, 0.5) is 0 Å².